The van der Waals surface area contributed by atoms with Crippen LogP contribution in [0.5, 0.6) is 5.75 Å². The Morgan fingerprint density at radius 3 is 2.50 bits per heavy atom. The first-order valence-electron chi connectivity index (χ1n) is 7.07. The standard InChI is InChI=1S/C17H17N3O2/c1-21-15-9-7-14(8-10-15)17-19-16(20-22-17)12-18-11-13-5-3-2-4-6-13/h2-10,18H,11-12H2,1H3. The van der Waals surface area contributed by atoms with Gasteiger partial charge in [0.05, 0.1) is 13.7 Å². The summed E-state index contributed by atoms with van der Waals surface area (Å²) in [4.78, 5) is 4.39. The van der Waals surface area contributed by atoms with Crippen LogP contribution < -0.4 is 10.1 Å². The maximum atomic E-state index is 5.29. The fourth-order valence-electron chi connectivity index (χ4n) is 2.09. The van der Waals surface area contributed by atoms with Crippen molar-refractivity contribution in [2.45, 2.75) is 13.1 Å². The summed E-state index contributed by atoms with van der Waals surface area (Å²) < 4.78 is 10.4. The third-order valence-corrected chi connectivity index (χ3v) is 3.26. The van der Waals surface area contributed by atoms with Crippen molar-refractivity contribution < 1.29 is 9.26 Å². The van der Waals surface area contributed by atoms with Gasteiger partial charge in [-0.25, -0.2) is 0 Å². The molecular weight excluding hydrogens is 278 g/mol. The highest BCUT2D eigenvalue weighted by atomic mass is 16.5. The first-order chi connectivity index (χ1) is 10.8. The summed E-state index contributed by atoms with van der Waals surface area (Å²) >= 11 is 0. The third kappa shape index (κ3) is 3.51. The smallest absolute Gasteiger partial charge is 0.257 e. The molecule has 2 aromatic carbocycles. The van der Waals surface area contributed by atoms with Crippen molar-refractivity contribution in [2.24, 2.45) is 0 Å². The van der Waals surface area contributed by atoms with E-state index in [0.717, 1.165) is 17.9 Å². The second kappa shape index (κ2) is 6.87. The Bertz CT molecular complexity index is 708. The molecule has 1 aromatic heterocycles. The van der Waals surface area contributed by atoms with Gasteiger partial charge in [-0.1, -0.05) is 35.5 Å². The Morgan fingerprint density at radius 1 is 1.00 bits per heavy atom. The fourth-order valence-corrected chi connectivity index (χ4v) is 2.09. The SMILES string of the molecule is COc1ccc(-c2nc(CNCc3ccccc3)no2)cc1. The largest absolute Gasteiger partial charge is 0.497 e. The number of nitrogens with zero attached hydrogens (tertiary/aromatic N) is 2. The van der Waals surface area contributed by atoms with Gasteiger partial charge in [0.1, 0.15) is 5.75 Å². The van der Waals surface area contributed by atoms with E-state index in [9.17, 15) is 0 Å². The van der Waals surface area contributed by atoms with Crippen LogP contribution in [0.4, 0.5) is 0 Å². The van der Waals surface area contributed by atoms with Gasteiger partial charge in [0.25, 0.3) is 5.89 Å². The van der Waals surface area contributed by atoms with E-state index in [1.54, 1.807) is 7.11 Å². The van der Waals surface area contributed by atoms with Crippen LogP contribution in [0.3, 0.4) is 0 Å². The lowest BCUT2D eigenvalue weighted by atomic mass is 10.2. The Labute approximate surface area is 128 Å². The number of methoxy groups -OCH3 is 1. The molecule has 0 fully saturated rings. The van der Waals surface area contributed by atoms with E-state index in [-0.39, 0.29) is 0 Å². The minimum absolute atomic E-state index is 0.513. The average molecular weight is 295 g/mol. The quantitative estimate of drug-likeness (QED) is 0.757. The topological polar surface area (TPSA) is 60.2 Å². The highest BCUT2D eigenvalue weighted by Gasteiger charge is 2.08. The van der Waals surface area contributed by atoms with Crippen molar-refractivity contribution in [3.63, 3.8) is 0 Å². The number of rotatable bonds is 6. The van der Waals surface area contributed by atoms with Gasteiger partial charge in [0.15, 0.2) is 5.82 Å². The lowest BCUT2D eigenvalue weighted by Crippen LogP contribution is -2.13. The molecule has 5 heteroatoms. The highest BCUT2D eigenvalue weighted by Crippen LogP contribution is 2.20. The zero-order valence-electron chi connectivity index (χ0n) is 12.3. The van der Waals surface area contributed by atoms with Crippen molar-refractivity contribution in [3.05, 3.63) is 66.0 Å². The minimum atomic E-state index is 0.513. The Kier molecular flexibility index (Phi) is 4.46. The molecule has 0 saturated carbocycles. The summed E-state index contributed by atoms with van der Waals surface area (Å²) in [6.07, 6.45) is 0. The summed E-state index contributed by atoms with van der Waals surface area (Å²) in [5, 5.41) is 7.28. The zero-order chi connectivity index (χ0) is 15.2. The zero-order valence-corrected chi connectivity index (χ0v) is 12.3. The molecule has 112 valence electrons. The van der Waals surface area contributed by atoms with E-state index in [0.29, 0.717) is 18.3 Å². The number of hydrogen-bond acceptors (Lipinski definition) is 5. The molecule has 1 N–H and O–H groups in total. The van der Waals surface area contributed by atoms with Gasteiger partial charge in [-0.15, -0.1) is 0 Å². The summed E-state index contributed by atoms with van der Waals surface area (Å²) in [5.74, 6) is 1.95. The van der Waals surface area contributed by atoms with Crippen molar-refractivity contribution >= 4 is 0 Å². The average Bonchev–Trinajstić information content (AvgIpc) is 3.05. The van der Waals surface area contributed by atoms with Gasteiger partial charge in [-0.3, -0.25) is 0 Å². The van der Waals surface area contributed by atoms with E-state index < -0.39 is 0 Å². The molecule has 3 aromatic rings. The van der Waals surface area contributed by atoms with Crippen LogP contribution in [0.1, 0.15) is 11.4 Å². The second-order valence-electron chi connectivity index (χ2n) is 4.83. The minimum Gasteiger partial charge on any atom is -0.497 e. The molecule has 0 spiro atoms. The number of ether oxygens (including phenoxy) is 1. The Hall–Kier alpha value is -2.66. The van der Waals surface area contributed by atoms with Gasteiger partial charge in [-0.05, 0) is 29.8 Å². The molecule has 22 heavy (non-hydrogen) atoms. The van der Waals surface area contributed by atoms with E-state index in [4.69, 9.17) is 9.26 Å². The molecule has 0 amide bonds. The van der Waals surface area contributed by atoms with Crippen LogP contribution in [0, 0.1) is 0 Å². The van der Waals surface area contributed by atoms with Gasteiger partial charge in [-0.2, -0.15) is 4.98 Å². The van der Waals surface area contributed by atoms with E-state index in [1.165, 1.54) is 5.56 Å². The first-order valence-corrected chi connectivity index (χ1v) is 7.07. The molecule has 0 aliphatic carbocycles. The molecule has 1 heterocycles. The van der Waals surface area contributed by atoms with Crippen LogP contribution >= 0.6 is 0 Å². The summed E-state index contributed by atoms with van der Waals surface area (Å²) in [7, 11) is 1.64. The molecule has 3 rings (SSSR count). The Morgan fingerprint density at radius 2 is 1.77 bits per heavy atom. The van der Waals surface area contributed by atoms with Crippen LogP contribution in [-0.4, -0.2) is 17.3 Å². The predicted octanol–water partition coefficient (Wildman–Crippen LogP) is 3.04. The molecule has 0 unspecified atom stereocenters. The van der Waals surface area contributed by atoms with Gasteiger partial charge < -0.3 is 14.6 Å². The summed E-state index contributed by atoms with van der Waals surface area (Å²) in [6.45, 7) is 1.34. The van der Waals surface area contributed by atoms with Crippen LogP contribution in [-0.2, 0) is 13.1 Å². The van der Waals surface area contributed by atoms with Crippen molar-refractivity contribution in [1.29, 1.82) is 0 Å². The number of hydrogen-bond donors (Lipinski definition) is 1. The number of benzene rings is 2. The maximum Gasteiger partial charge on any atom is 0.257 e. The first kappa shape index (κ1) is 14.3. The molecule has 0 atom stereocenters. The van der Waals surface area contributed by atoms with E-state index >= 15 is 0 Å². The monoisotopic (exact) mass is 295 g/mol. The number of nitrogens with one attached hydrogen (secondary N) is 1. The number of aromatic nitrogens is 2. The fraction of sp³-hybridized carbons (Fsp3) is 0.176. The third-order valence-electron chi connectivity index (χ3n) is 3.26. The molecule has 0 aliphatic heterocycles. The van der Waals surface area contributed by atoms with Gasteiger partial charge in [0.2, 0.25) is 0 Å². The molecule has 0 radical (unpaired) electrons. The summed E-state index contributed by atoms with van der Waals surface area (Å²) in [6, 6.07) is 17.7. The van der Waals surface area contributed by atoms with Crippen molar-refractivity contribution in [2.75, 3.05) is 7.11 Å². The molecule has 0 bridgehead atoms. The Balaban J connectivity index is 1.58. The maximum absolute atomic E-state index is 5.29. The molecular formula is C17H17N3O2. The predicted molar refractivity (Wildman–Crippen MR) is 83.3 cm³/mol. The lowest BCUT2D eigenvalue weighted by molar-refractivity contribution is 0.413. The normalized spacial score (nSPS) is 10.6. The lowest BCUT2D eigenvalue weighted by Gasteiger charge is -2.01. The van der Waals surface area contributed by atoms with Gasteiger partial charge >= 0.3 is 0 Å². The second-order valence-corrected chi connectivity index (χ2v) is 4.83. The van der Waals surface area contributed by atoms with Crippen LogP contribution in [0.15, 0.2) is 59.1 Å². The van der Waals surface area contributed by atoms with E-state index in [2.05, 4.69) is 27.6 Å². The molecule has 0 aliphatic rings. The van der Waals surface area contributed by atoms with Crippen LogP contribution in [0.2, 0.25) is 0 Å². The highest BCUT2D eigenvalue weighted by molar-refractivity contribution is 5.54. The van der Waals surface area contributed by atoms with Crippen LogP contribution in [0.25, 0.3) is 11.5 Å². The van der Waals surface area contributed by atoms with Crippen molar-refractivity contribution in [3.8, 4) is 17.2 Å². The molecule has 5 nitrogen and oxygen atoms in total. The molecule has 0 saturated heterocycles. The van der Waals surface area contributed by atoms with E-state index in [1.807, 2.05) is 42.5 Å². The summed E-state index contributed by atoms with van der Waals surface area (Å²) in [5.41, 5.74) is 2.10. The van der Waals surface area contributed by atoms with Crippen molar-refractivity contribution in [1.82, 2.24) is 15.5 Å². The van der Waals surface area contributed by atoms with Gasteiger partial charge in [0, 0.05) is 12.1 Å².